The van der Waals surface area contributed by atoms with Crippen LogP contribution in [-0.2, 0) is 33.5 Å². The molecule has 6 nitrogen and oxygen atoms in total. The van der Waals surface area contributed by atoms with Crippen molar-refractivity contribution >= 4 is 21.6 Å². The molecule has 0 spiro atoms. The molecule has 1 aliphatic heterocycles. The number of sulfonamides is 1. The van der Waals surface area contributed by atoms with Crippen molar-refractivity contribution in [3.8, 4) is 6.07 Å². The van der Waals surface area contributed by atoms with Gasteiger partial charge in [0.05, 0.1) is 17.4 Å². The first kappa shape index (κ1) is 20.1. The monoisotopic (exact) mass is 397 g/mol. The lowest BCUT2D eigenvalue weighted by Crippen LogP contribution is -2.35. The molecule has 1 aliphatic rings. The van der Waals surface area contributed by atoms with E-state index in [4.69, 9.17) is 5.26 Å². The van der Waals surface area contributed by atoms with Gasteiger partial charge in [0.25, 0.3) is 0 Å². The number of anilines is 1. The van der Waals surface area contributed by atoms with Crippen LogP contribution in [0.4, 0.5) is 5.69 Å². The van der Waals surface area contributed by atoms with Crippen molar-refractivity contribution in [1.82, 2.24) is 4.72 Å². The lowest BCUT2D eigenvalue weighted by atomic mass is 9.98. The Morgan fingerprint density at radius 1 is 1.11 bits per heavy atom. The zero-order chi connectivity index (χ0) is 20.1. The predicted octanol–water partition coefficient (Wildman–Crippen LogP) is 2.87. The normalized spacial score (nSPS) is 13.9. The molecule has 3 rings (SSSR count). The number of carbonyl (C=O) groups excluding carboxylic acids is 1. The summed E-state index contributed by atoms with van der Waals surface area (Å²) in [7, 11) is -3.50. The van der Waals surface area contributed by atoms with Crippen molar-refractivity contribution < 1.29 is 13.2 Å². The minimum Gasteiger partial charge on any atom is -0.312 e. The number of benzene rings is 2. The minimum atomic E-state index is -3.50. The van der Waals surface area contributed by atoms with E-state index in [1.54, 1.807) is 24.3 Å². The Kier molecular flexibility index (Phi) is 6.12. The van der Waals surface area contributed by atoms with E-state index in [0.29, 0.717) is 30.5 Å². The fraction of sp³-hybridized carbons (Fsp3) is 0.333. The number of hydrogen-bond donors (Lipinski definition) is 1. The zero-order valence-corrected chi connectivity index (χ0v) is 16.6. The molecule has 7 heteroatoms. The third-order valence-corrected chi connectivity index (χ3v) is 6.02. The highest BCUT2D eigenvalue weighted by Gasteiger charge is 2.23. The quantitative estimate of drug-likeness (QED) is 0.778. The van der Waals surface area contributed by atoms with Gasteiger partial charge in [-0.25, -0.2) is 13.1 Å². The lowest BCUT2D eigenvalue weighted by molar-refractivity contribution is -0.118. The number of amides is 1. The molecule has 2 aromatic carbocycles. The summed E-state index contributed by atoms with van der Waals surface area (Å²) in [4.78, 5) is 13.9. The molecular weight excluding hydrogens is 374 g/mol. The molecule has 0 radical (unpaired) electrons. The molecule has 0 aliphatic carbocycles. The Balaban J connectivity index is 1.67. The number of hydrogen-bond acceptors (Lipinski definition) is 4. The molecule has 28 heavy (non-hydrogen) atoms. The number of rotatable bonds is 7. The molecule has 1 amide bonds. The van der Waals surface area contributed by atoms with Gasteiger partial charge in [-0.3, -0.25) is 4.79 Å². The Labute approximate surface area is 165 Å². The topological polar surface area (TPSA) is 90.3 Å². The number of nitriles is 1. The van der Waals surface area contributed by atoms with Crippen molar-refractivity contribution in [2.45, 2.75) is 38.5 Å². The Hall–Kier alpha value is -2.69. The highest BCUT2D eigenvalue weighted by molar-refractivity contribution is 7.88. The zero-order valence-electron chi connectivity index (χ0n) is 15.8. The lowest BCUT2D eigenvalue weighted by Gasteiger charge is -2.29. The number of nitrogens with zero attached hydrogens (tertiary/aromatic N) is 2. The summed E-state index contributed by atoms with van der Waals surface area (Å²) < 4.78 is 27.4. The van der Waals surface area contributed by atoms with Gasteiger partial charge in [-0.05, 0) is 47.7 Å². The largest absolute Gasteiger partial charge is 0.312 e. The Morgan fingerprint density at radius 2 is 1.82 bits per heavy atom. The van der Waals surface area contributed by atoms with Gasteiger partial charge in [0.15, 0.2) is 0 Å². The minimum absolute atomic E-state index is 0.136. The molecule has 0 saturated heterocycles. The first-order valence-corrected chi connectivity index (χ1v) is 11.0. The summed E-state index contributed by atoms with van der Waals surface area (Å²) in [5.74, 6) is 0.00724. The highest BCUT2D eigenvalue weighted by Crippen LogP contribution is 2.29. The van der Waals surface area contributed by atoms with Crippen molar-refractivity contribution in [1.29, 1.82) is 5.26 Å². The second-order valence-corrected chi connectivity index (χ2v) is 8.70. The van der Waals surface area contributed by atoms with Gasteiger partial charge in [-0.2, -0.15) is 5.26 Å². The van der Waals surface area contributed by atoms with E-state index in [0.717, 1.165) is 23.2 Å². The van der Waals surface area contributed by atoms with Crippen LogP contribution in [0.5, 0.6) is 0 Å². The van der Waals surface area contributed by atoms with Gasteiger partial charge in [0.2, 0.25) is 15.9 Å². The van der Waals surface area contributed by atoms with Crippen molar-refractivity contribution in [2.75, 3.05) is 11.4 Å². The molecule has 0 fully saturated rings. The number of aryl methyl sites for hydroxylation is 1. The van der Waals surface area contributed by atoms with Crippen LogP contribution >= 0.6 is 0 Å². The highest BCUT2D eigenvalue weighted by atomic mass is 32.2. The molecule has 0 aromatic heterocycles. The second kappa shape index (κ2) is 8.55. The SMILES string of the molecule is CCCN1C(=O)CCc2cc(CNS(=O)(=O)Cc3ccc(C#N)cc3)ccc21. The van der Waals surface area contributed by atoms with Crippen LogP contribution in [0.2, 0.25) is 0 Å². The number of fused-ring (bicyclic) bond motifs is 1. The van der Waals surface area contributed by atoms with Crippen molar-refractivity contribution in [3.63, 3.8) is 0 Å². The first-order chi connectivity index (χ1) is 13.4. The van der Waals surface area contributed by atoms with Crippen LogP contribution in [0.1, 0.15) is 42.0 Å². The molecular formula is C21H23N3O3S. The van der Waals surface area contributed by atoms with Crippen molar-refractivity contribution in [3.05, 3.63) is 64.7 Å². The Morgan fingerprint density at radius 3 is 2.50 bits per heavy atom. The van der Waals surface area contributed by atoms with Crippen LogP contribution in [-0.4, -0.2) is 20.9 Å². The van der Waals surface area contributed by atoms with E-state index in [1.807, 2.05) is 36.1 Å². The van der Waals surface area contributed by atoms with Crippen LogP contribution in [0, 0.1) is 11.3 Å². The summed E-state index contributed by atoms with van der Waals surface area (Å²) in [6.07, 6.45) is 2.06. The third kappa shape index (κ3) is 4.77. The summed E-state index contributed by atoms with van der Waals surface area (Å²) in [5, 5.41) is 8.81. The van der Waals surface area contributed by atoms with Gasteiger partial charge in [0.1, 0.15) is 0 Å². The smallest absolute Gasteiger partial charge is 0.227 e. The van der Waals surface area contributed by atoms with Gasteiger partial charge < -0.3 is 4.90 Å². The molecule has 0 bridgehead atoms. The molecule has 1 N–H and O–H groups in total. The van der Waals surface area contributed by atoms with Crippen LogP contribution in [0.3, 0.4) is 0 Å². The molecule has 0 atom stereocenters. The Bertz CT molecular complexity index is 1010. The van der Waals surface area contributed by atoms with E-state index in [9.17, 15) is 13.2 Å². The molecule has 0 unspecified atom stereocenters. The summed E-state index contributed by atoms with van der Waals surface area (Å²) in [6.45, 7) is 2.94. The molecule has 146 valence electrons. The van der Waals surface area contributed by atoms with Crippen LogP contribution < -0.4 is 9.62 Å². The summed E-state index contributed by atoms with van der Waals surface area (Å²) in [5.41, 5.74) is 4.01. The second-order valence-electron chi connectivity index (χ2n) is 6.90. The third-order valence-electron chi connectivity index (χ3n) is 4.73. The number of nitrogens with one attached hydrogen (secondary N) is 1. The molecule has 2 aromatic rings. The van der Waals surface area contributed by atoms with E-state index >= 15 is 0 Å². The fourth-order valence-corrected chi connectivity index (χ4v) is 4.45. The van der Waals surface area contributed by atoms with Crippen molar-refractivity contribution in [2.24, 2.45) is 0 Å². The molecule has 0 saturated carbocycles. The summed E-state index contributed by atoms with van der Waals surface area (Å²) >= 11 is 0. The van der Waals surface area contributed by atoms with Gasteiger partial charge in [-0.15, -0.1) is 0 Å². The van der Waals surface area contributed by atoms with E-state index in [2.05, 4.69) is 4.72 Å². The average molecular weight is 398 g/mol. The average Bonchev–Trinajstić information content (AvgIpc) is 2.69. The maximum atomic E-state index is 12.4. The van der Waals surface area contributed by atoms with E-state index in [-0.39, 0.29) is 18.2 Å². The van der Waals surface area contributed by atoms with E-state index in [1.165, 1.54) is 0 Å². The maximum absolute atomic E-state index is 12.4. The van der Waals surface area contributed by atoms with E-state index < -0.39 is 10.0 Å². The predicted molar refractivity (Wildman–Crippen MR) is 108 cm³/mol. The first-order valence-electron chi connectivity index (χ1n) is 9.30. The maximum Gasteiger partial charge on any atom is 0.227 e. The van der Waals surface area contributed by atoms with Crippen LogP contribution in [0.15, 0.2) is 42.5 Å². The van der Waals surface area contributed by atoms with Crippen LogP contribution in [0.25, 0.3) is 0 Å². The fourth-order valence-electron chi connectivity index (χ4n) is 3.33. The summed E-state index contributed by atoms with van der Waals surface area (Å²) in [6, 6.07) is 14.3. The van der Waals surface area contributed by atoms with Gasteiger partial charge in [0, 0.05) is 25.2 Å². The number of carbonyl (C=O) groups is 1. The molecule has 1 heterocycles. The van der Waals surface area contributed by atoms with Gasteiger partial charge in [-0.1, -0.05) is 31.2 Å². The van der Waals surface area contributed by atoms with Gasteiger partial charge >= 0.3 is 0 Å². The standard InChI is InChI=1S/C21H23N3O3S/c1-2-11-24-20-9-7-18(12-19(20)8-10-21(24)25)14-23-28(26,27)15-17-5-3-16(13-22)4-6-17/h3-7,9,12,23H,2,8,10-11,14-15H2,1H3.